The Hall–Kier alpha value is -1.40. The van der Waals surface area contributed by atoms with Gasteiger partial charge in [0.25, 0.3) is 0 Å². The molecule has 1 aromatic rings. The van der Waals surface area contributed by atoms with Crippen LogP contribution in [0.5, 0.6) is 0 Å². The first-order valence-electron chi connectivity index (χ1n) is 5.39. The predicted octanol–water partition coefficient (Wildman–Crippen LogP) is 0.251. The highest BCUT2D eigenvalue weighted by Gasteiger charge is 2.16. The van der Waals surface area contributed by atoms with Gasteiger partial charge in [0, 0.05) is 4.88 Å². The molecule has 1 rings (SSSR count). The Labute approximate surface area is 104 Å². The van der Waals surface area contributed by atoms with E-state index < -0.39 is 11.8 Å². The van der Waals surface area contributed by atoms with Crippen LogP contribution in [0.25, 0.3) is 0 Å². The zero-order valence-corrected chi connectivity index (χ0v) is 10.4. The number of hydrogen-bond acceptors (Lipinski definition) is 4. The third kappa shape index (κ3) is 4.54. The average molecular weight is 256 g/mol. The van der Waals surface area contributed by atoms with E-state index in [1.165, 1.54) is 11.3 Å². The highest BCUT2D eigenvalue weighted by atomic mass is 32.1. The van der Waals surface area contributed by atoms with Gasteiger partial charge in [-0.3, -0.25) is 9.59 Å². The van der Waals surface area contributed by atoms with Crippen LogP contribution in [0.3, 0.4) is 0 Å². The highest BCUT2D eigenvalue weighted by Crippen LogP contribution is 2.07. The fraction of sp³-hybridized carbons (Fsp3) is 0.455. The molecule has 1 unspecified atom stereocenters. The Morgan fingerprint density at radius 2 is 2.24 bits per heavy atom. The van der Waals surface area contributed by atoms with E-state index >= 15 is 0 Å². The first kappa shape index (κ1) is 13.7. The average Bonchev–Trinajstić information content (AvgIpc) is 2.85. The van der Waals surface area contributed by atoms with Gasteiger partial charge in [-0.2, -0.15) is 0 Å². The highest BCUT2D eigenvalue weighted by molar-refractivity contribution is 7.09. The zero-order chi connectivity index (χ0) is 12.7. The second kappa shape index (κ2) is 7.03. The molecule has 2 amide bonds. The number of carbonyl (C=O) groups is 2. The molecule has 0 bridgehead atoms. The van der Waals surface area contributed by atoms with Crippen LogP contribution in [-0.4, -0.2) is 29.6 Å². The van der Waals surface area contributed by atoms with Gasteiger partial charge in [0.15, 0.2) is 0 Å². The van der Waals surface area contributed by atoms with Crippen molar-refractivity contribution in [3.63, 3.8) is 0 Å². The lowest BCUT2D eigenvalue weighted by atomic mass is 10.2. The van der Waals surface area contributed by atoms with Crippen molar-refractivity contribution in [3.05, 3.63) is 22.4 Å². The Morgan fingerprint density at radius 3 is 2.76 bits per heavy atom. The molecular weight excluding hydrogens is 240 g/mol. The third-order valence-electron chi connectivity index (χ3n) is 2.26. The predicted molar refractivity (Wildman–Crippen MR) is 65.5 cm³/mol. The van der Waals surface area contributed by atoms with Gasteiger partial charge in [-0.05, 0) is 17.9 Å². The van der Waals surface area contributed by atoms with Crippen LogP contribution in [0.2, 0.25) is 0 Å². The van der Waals surface area contributed by atoms with Crippen LogP contribution in [-0.2, 0) is 16.1 Å². The SMILES string of the molecule is CCC(CO)NC(=O)C(=O)NCc1cccs1. The fourth-order valence-corrected chi connectivity index (χ4v) is 1.83. The molecule has 0 aliphatic rings. The smallest absolute Gasteiger partial charge is 0.309 e. The number of rotatable bonds is 5. The van der Waals surface area contributed by atoms with Crippen LogP contribution < -0.4 is 10.6 Å². The lowest BCUT2D eigenvalue weighted by Crippen LogP contribution is -2.45. The molecule has 94 valence electrons. The first-order chi connectivity index (χ1) is 8.17. The quantitative estimate of drug-likeness (QED) is 0.661. The standard InChI is InChI=1S/C11H16N2O3S/c1-2-8(7-14)13-11(16)10(15)12-6-9-4-3-5-17-9/h3-5,8,14H,2,6-7H2,1H3,(H,12,15)(H,13,16). The summed E-state index contributed by atoms with van der Waals surface area (Å²) in [5.74, 6) is -1.38. The molecule has 17 heavy (non-hydrogen) atoms. The molecule has 0 radical (unpaired) electrons. The lowest BCUT2D eigenvalue weighted by Gasteiger charge is -2.13. The monoisotopic (exact) mass is 256 g/mol. The summed E-state index contributed by atoms with van der Waals surface area (Å²) >= 11 is 1.51. The number of nitrogens with one attached hydrogen (secondary N) is 2. The summed E-state index contributed by atoms with van der Waals surface area (Å²) in [5, 5.41) is 15.8. The number of carbonyl (C=O) groups excluding carboxylic acids is 2. The van der Waals surface area contributed by atoms with E-state index in [0.29, 0.717) is 13.0 Å². The number of hydrogen-bond donors (Lipinski definition) is 3. The van der Waals surface area contributed by atoms with E-state index in [0.717, 1.165) is 4.88 Å². The largest absolute Gasteiger partial charge is 0.394 e. The minimum atomic E-state index is -0.706. The molecule has 5 nitrogen and oxygen atoms in total. The number of amides is 2. The maximum absolute atomic E-state index is 11.4. The van der Waals surface area contributed by atoms with Crippen LogP contribution in [0.15, 0.2) is 17.5 Å². The van der Waals surface area contributed by atoms with Gasteiger partial charge < -0.3 is 15.7 Å². The molecule has 0 fully saturated rings. The Balaban J connectivity index is 2.34. The second-order valence-electron chi connectivity index (χ2n) is 3.52. The lowest BCUT2D eigenvalue weighted by molar-refractivity contribution is -0.139. The summed E-state index contributed by atoms with van der Waals surface area (Å²) in [4.78, 5) is 23.8. The number of aliphatic hydroxyl groups excluding tert-OH is 1. The fourth-order valence-electron chi connectivity index (χ4n) is 1.19. The molecule has 1 aromatic heterocycles. The summed E-state index contributed by atoms with van der Waals surface area (Å²) in [6.07, 6.45) is 0.584. The molecule has 3 N–H and O–H groups in total. The summed E-state index contributed by atoms with van der Waals surface area (Å²) in [6, 6.07) is 3.39. The van der Waals surface area contributed by atoms with Crippen molar-refractivity contribution in [3.8, 4) is 0 Å². The van der Waals surface area contributed by atoms with Crippen molar-refractivity contribution in [1.29, 1.82) is 0 Å². The van der Waals surface area contributed by atoms with Gasteiger partial charge in [-0.1, -0.05) is 13.0 Å². The minimum Gasteiger partial charge on any atom is -0.394 e. The third-order valence-corrected chi connectivity index (χ3v) is 3.13. The van der Waals surface area contributed by atoms with Gasteiger partial charge in [0.2, 0.25) is 0 Å². The molecule has 0 aromatic carbocycles. The van der Waals surface area contributed by atoms with E-state index in [4.69, 9.17) is 5.11 Å². The Kier molecular flexibility index (Phi) is 5.65. The van der Waals surface area contributed by atoms with Crippen LogP contribution >= 0.6 is 11.3 Å². The van der Waals surface area contributed by atoms with Crippen molar-refractivity contribution in [1.82, 2.24) is 10.6 Å². The molecule has 0 aliphatic heterocycles. The Morgan fingerprint density at radius 1 is 1.47 bits per heavy atom. The van der Waals surface area contributed by atoms with Crippen LogP contribution in [0, 0.1) is 0 Å². The molecule has 0 saturated heterocycles. The summed E-state index contributed by atoms with van der Waals surface area (Å²) in [7, 11) is 0. The van der Waals surface area contributed by atoms with E-state index in [9.17, 15) is 9.59 Å². The second-order valence-corrected chi connectivity index (χ2v) is 4.56. The van der Waals surface area contributed by atoms with Crippen molar-refractivity contribution < 1.29 is 14.7 Å². The van der Waals surface area contributed by atoms with E-state index in [2.05, 4.69) is 10.6 Å². The summed E-state index contributed by atoms with van der Waals surface area (Å²) < 4.78 is 0. The molecular formula is C11H16N2O3S. The zero-order valence-electron chi connectivity index (χ0n) is 9.60. The minimum absolute atomic E-state index is 0.166. The summed E-state index contributed by atoms with van der Waals surface area (Å²) in [6.45, 7) is 2.00. The normalized spacial score (nSPS) is 11.9. The van der Waals surface area contributed by atoms with Gasteiger partial charge in [0.1, 0.15) is 0 Å². The Bertz CT molecular complexity index is 361. The molecule has 0 aliphatic carbocycles. The van der Waals surface area contributed by atoms with Crippen LogP contribution in [0.4, 0.5) is 0 Å². The molecule has 0 saturated carbocycles. The van der Waals surface area contributed by atoms with Gasteiger partial charge >= 0.3 is 11.8 Å². The molecule has 6 heteroatoms. The van der Waals surface area contributed by atoms with E-state index in [1.54, 1.807) is 0 Å². The summed E-state index contributed by atoms with van der Waals surface area (Å²) in [5.41, 5.74) is 0. The van der Waals surface area contributed by atoms with Crippen molar-refractivity contribution in [2.45, 2.75) is 25.9 Å². The van der Waals surface area contributed by atoms with Crippen molar-refractivity contribution in [2.75, 3.05) is 6.61 Å². The maximum atomic E-state index is 11.4. The molecule has 1 heterocycles. The van der Waals surface area contributed by atoms with E-state index in [1.807, 2.05) is 24.4 Å². The molecule has 0 spiro atoms. The molecule has 1 atom stereocenters. The first-order valence-corrected chi connectivity index (χ1v) is 6.27. The van der Waals surface area contributed by atoms with Crippen LogP contribution in [0.1, 0.15) is 18.2 Å². The number of aliphatic hydroxyl groups is 1. The van der Waals surface area contributed by atoms with Gasteiger partial charge in [-0.15, -0.1) is 11.3 Å². The topological polar surface area (TPSA) is 78.4 Å². The van der Waals surface area contributed by atoms with Gasteiger partial charge in [-0.25, -0.2) is 0 Å². The van der Waals surface area contributed by atoms with Gasteiger partial charge in [0.05, 0.1) is 19.2 Å². The van der Waals surface area contributed by atoms with Crippen molar-refractivity contribution in [2.24, 2.45) is 0 Å². The number of thiophene rings is 1. The van der Waals surface area contributed by atoms with Crippen molar-refractivity contribution >= 4 is 23.2 Å². The van der Waals surface area contributed by atoms with E-state index in [-0.39, 0.29) is 12.6 Å². The maximum Gasteiger partial charge on any atom is 0.309 e.